The summed E-state index contributed by atoms with van der Waals surface area (Å²) in [5.41, 5.74) is 3.40. The maximum Gasteiger partial charge on any atom is 0.236 e. The maximum atomic E-state index is 13.6. The molecule has 0 spiro atoms. The summed E-state index contributed by atoms with van der Waals surface area (Å²) in [5, 5.41) is 26.5. The van der Waals surface area contributed by atoms with Crippen LogP contribution in [0.4, 0.5) is 15.3 Å². The lowest BCUT2D eigenvalue weighted by Gasteiger charge is -2.40. The standard InChI is InChI=1S/C33H36FN9O2S2/c1-3-24-31(39(2)32-37-29(26(14-35)46-32)20-8-10-21(34)11-9-20)43-33(36-24)47-30(38-43)23-13-27(42-12-4-5-25(23)42)40(15-19-6-7-19)18-28(45)41-16-22(44)17-41/h5,8-11,19,22-23,27,44H,3-4,6-7,12-13,15-18H2,1-2H3/t23-,27?/m1/s1. The predicted octanol–water partition coefficient (Wildman–Crippen LogP) is 4.57. The fourth-order valence-corrected chi connectivity index (χ4v) is 8.97. The highest BCUT2D eigenvalue weighted by Gasteiger charge is 2.45. The number of aliphatic hydroxyl groups is 1. The lowest BCUT2D eigenvalue weighted by molar-refractivity contribution is -0.143. The van der Waals surface area contributed by atoms with Gasteiger partial charge in [-0.1, -0.05) is 35.7 Å². The molecular formula is C33H36FN9O2S2. The number of thiazole rings is 1. The third-order valence-corrected chi connectivity index (χ3v) is 11.8. The number of anilines is 2. The molecule has 4 aliphatic rings. The molecule has 8 rings (SSSR count). The third kappa shape index (κ3) is 5.48. The Kier molecular flexibility index (Phi) is 7.75. The van der Waals surface area contributed by atoms with Gasteiger partial charge in [-0.2, -0.15) is 14.9 Å². The molecule has 1 aromatic carbocycles. The molecule has 1 N–H and O–H groups in total. The van der Waals surface area contributed by atoms with Crippen LogP contribution in [0.3, 0.4) is 0 Å². The van der Waals surface area contributed by atoms with Crippen molar-refractivity contribution in [3.63, 3.8) is 0 Å². The van der Waals surface area contributed by atoms with E-state index in [-0.39, 0.29) is 23.8 Å². The first kappa shape index (κ1) is 30.4. The van der Waals surface area contributed by atoms with E-state index in [2.05, 4.69) is 28.9 Å². The number of allylic oxidation sites excluding steroid dienone is 1. The summed E-state index contributed by atoms with van der Waals surface area (Å²) >= 11 is 2.90. The second kappa shape index (κ2) is 12.0. The number of hydrogen-bond acceptors (Lipinski definition) is 11. The minimum Gasteiger partial charge on any atom is -0.389 e. The summed E-state index contributed by atoms with van der Waals surface area (Å²) < 4.78 is 15.5. The van der Waals surface area contributed by atoms with Gasteiger partial charge < -0.3 is 19.8 Å². The van der Waals surface area contributed by atoms with E-state index >= 15 is 0 Å². The number of carbonyl (C=O) groups is 1. The molecule has 1 aliphatic carbocycles. The predicted molar refractivity (Wildman–Crippen MR) is 178 cm³/mol. The Balaban J connectivity index is 1.09. The first-order valence-corrected chi connectivity index (χ1v) is 17.9. The summed E-state index contributed by atoms with van der Waals surface area (Å²) in [5.74, 6) is 1.33. The van der Waals surface area contributed by atoms with Crippen LogP contribution >= 0.6 is 22.7 Å². The van der Waals surface area contributed by atoms with Crippen molar-refractivity contribution in [2.75, 3.05) is 44.7 Å². The van der Waals surface area contributed by atoms with Gasteiger partial charge in [-0.25, -0.2) is 14.4 Å². The quantitative estimate of drug-likeness (QED) is 0.258. The maximum absolute atomic E-state index is 13.6. The van der Waals surface area contributed by atoms with Crippen LogP contribution in [0, 0.1) is 23.1 Å². The Morgan fingerprint density at radius 3 is 2.68 bits per heavy atom. The van der Waals surface area contributed by atoms with Crippen molar-refractivity contribution < 1.29 is 14.3 Å². The summed E-state index contributed by atoms with van der Waals surface area (Å²) in [6.07, 6.45) is 7.02. The number of aryl methyl sites for hydroxylation is 1. The number of rotatable bonds is 10. The monoisotopic (exact) mass is 673 g/mol. The minimum absolute atomic E-state index is 0.0981. The Labute approximate surface area is 280 Å². The molecule has 3 aliphatic heterocycles. The van der Waals surface area contributed by atoms with Crippen molar-refractivity contribution >= 4 is 44.5 Å². The Morgan fingerprint density at radius 2 is 1.98 bits per heavy atom. The van der Waals surface area contributed by atoms with Gasteiger partial charge in [-0.05, 0) is 62.3 Å². The third-order valence-electron chi connectivity index (χ3n) is 9.72. The van der Waals surface area contributed by atoms with Gasteiger partial charge in [-0.15, -0.1) is 0 Å². The fraction of sp³-hybridized carbons (Fsp3) is 0.485. The molecule has 47 heavy (non-hydrogen) atoms. The number of likely N-dealkylation sites (tertiary alicyclic amines) is 1. The Bertz CT molecular complexity index is 1900. The molecule has 1 amide bonds. The molecule has 1 saturated carbocycles. The van der Waals surface area contributed by atoms with Crippen LogP contribution in [0.5, 0.6) is 0 Å². The van der Waals surface area contributed by atoms with E-state index in [9.17, 15) is 19.6 Å². The Morgan fingerprint density at radius 1 is 1.19 bits per heavy atom. The zero-order valence-electron chi connectivity index (χ0n) is 26.3. The second-order valence-electron chi connectivity index (χ2n) is 12.9. The molecule has 4 aromatic rings. The number of benzene rings is 1. The SMILES string of the molecule is CCc1nc2sc([C@@H]3CC(N(CC(=O)N4CC(O)C4)CC4CC4)N4CCC=C34)nn2c1N(C)c1nc(-c2ccc(F)cc2)c(C#N)s1. The number of halogens is 1. The number of hydrogen-bond donors (Lipinski definition) is 1. The summed E-state index contributed by atoms with van der Waals surface area (Å²) in [7, 11) is 1.92. The molecule has 0 bridgehead atoms. The second-order valence-corrected chi connectivity index (χ2v) is 14.9. The zero-order valence-corrected chi connectivity index (χ0v) is 28.0. The number of aromatic nitrogens is 4. The highest BCUT2D eigenvalue weighted by molar-refractivity contribution is 7.17. The molecule has 0 radical (unpaired) electrons. The van der Waals surface area contributed by atoms with Crippen LogP contribution in [0.25, 0.3) is 16.2 Å². The van der Waals surface area contributed by atoms with E-state index in [0.29, 0.717) is 53.2 Å². The number of β-amino-alcohol motifs (C(OH)–C–C–N with tert-alkyl or cyclic N) is 1. The van der Waals surface area contributed by atoms with Crippen LogP contribution in [0.1, 0.15) is 54.1 Å². The van der Waals surface area contributed by atoms with E-state index in [1.807, 2.05) is 16.5 Å². The molecule has 2 atom stereocenters. The molecule has 1 unspecified atom stereocenters. The average molecular weight is 674 g/mol. The van der Waals surface area contributed by atoms with E-state index in [0.717, 1.165) is 47.4 Å². The molecule has 3 fully saturated rings. The van der Waals surface area contributed by atoms with Gasteiger partial charge >= 0.3 is 0 Å². The molecule has 6 heterocycles. The van der Waals surface area contributed by atoms with E-state index in [1.165, 1.54) is 42.0 Å². The molecule has 11 nitrogen and oxygen atoms in total. The van der Waals surface area contributed by atoms with Crippen LogP contribution in [0.15, 0.2) is 36.0 Å². The van der Waals surface area contributed by atoms with Crippen LogP contribution < -0.4 is 4.90 Å². The van der Waals surface area contributed by atoms with Crippen molar-refractivity contribution in [1.82, 2.24) is 34.3 Å². The van der Waals surface area contributed by atoms with Crippen molar-refractivity contribution in [2.45, 2.75) is 57.2 Å². The average Bonchev–Trinajstić information content (AvgIpc) is 3.49. The molecule has 14 heteroatoms. The number of aliphatic hydroxyl groups excluding tert-OH is 1. The number of carbonyl (C=O) groups excluding carboxylic acids is 1. The van der Waals surface area contributed by atoms with Gasteiger partial charge in [-0.3, -0.25) is 9.69 Å². The largest absolute Gasteiger partial charge is 0.389 e. The van der Waals surface area contributed by atoms with Gasteiger partial charge in [0.15, 0.2) is 10.9 Å². The summed E-state index contributed by atoms with van der Waals surface area (Å²) in [6.45, 7) is 5.15. The molecule has 3 aromatic heterocycles. The fourth-order valence-electron chi connectivity index (χ4n) is 7.08. The number of nitriles is 1. The normalized spacial score (nSPS) is 21.0. The zero-order chi connectivity index (χ0) is 32.4. The summed E-state index contributed by atoms with van der Waals surface area (Å²) in [6, 6.07) is 8.30. The molecular weight excluding hydrogens is 638 g/mol. The van der Waals surface area contributed by atoms with E-state index < -0.39 is 6.10 Å². The number of imidazole rings is 1. The van der Waals surface area contributed by atoms with Crippen molar-refractivity contribution in [3.05, 3.63) is 57.4 Å². The van der Waals surface area contributed by atoms with Crippen LogP contribution in [-0.2, 0) is 11.2 Å². The van der Waals surface area contributed by atoms with Gasteiger partial charge in [0.2, 0.25) is 10.9 Å². The molecule has 2 saturated heterocycles. The van der Waals surface area contributed by atoms with Crippen LogP contribution in [0.2, 0.25) is 0 Å². The van der Waals surface area contributed by atoms with Crippen molar-refractivity contribution in [2.24, 2.45) is 5.92 Å². The van der Waals surface area contributed by atoms with Crippen LogP contribution in [-0.4, -0.2) is 97.3 Å². The van der Waals surface area contributed by atoms with Gasteiger partial charge in [0.25, 0.3) is 0 Å². The number of fused-ring (bicyclic) bond motifs is 2. The smallest absolute Gasteiger partial charge is 0.236 e. The van der Waals surface area contributed by atoms with Gasteiger partial charge in [0.05, 0.1) is 30.4 Å². The number of nitrogens with zero attached hydrogens (tertiary/aromatic N) is 9. The van der Waals surface area contributed by atoms with Gasteiger partial charge in [0, 0.05) is 44.5 Å². The highest BCUT2D eigenvalue weighted by Crippen LogP contribution is 2.47. The topological polar surface area (TPSA) is 117 Å². The van der Waals surface area contributed by atoms with Crippen molar-refractivity contribution in [1.29, 1.82) is 5.26 Å². The lowest BCUT2D eigenvalue weighted by Crippen LogP contribution is -2.57. The number of amides is 1. The highest BCUT2D eigenvalue weighted by atomic mass is 32.1. The first-order chi connectivity index (χ1) is 22.8. The van der Waals surface area contributed by atoms with E-state index in [1.54, 1.807) is 28.4 Å². The minimum atomic E-state index is -0.401. The first-order valence-electron chi connectivity index (χ1n) is 16.3. The lowest BCUT2D eigenvalue weighted by atomic mass is 10.0. The molecule has 244 valence electrons. The Hall–Kier alpha value is -3.90. The van der Waals surface area contributed by atoms with Crippen molar-refractivity contribution in [3.8, 4) is 17.3 Å². The van der Waals surface area contributed by atoms with E-state index in [4.69, 9.17) is 15.1 Å². The van der Waals surface area contributed by atoms with Gasteiger partial charge in [0.1, 0.15) is 27.5 Å². The summed E-state index contributed by atoms with van der Waals surface area (Å²) in [4.78, 5) is 32.8.